The summed E-state index contributed by atoms with van der Waals surface area (Å²) in [5.41, 5.74) is 0. The minimum atomic E-state index is -0.417. The molecular formula is C14H34O5Zr. The summed E-state index contributed by atoms with van der Waals surface area (Å²) in [5, 5.41) is 45.7. The van der Waals surface area contributed by atoms with Crippen molar-refractivity contribution in [2.24, 2.45) is 0 Å². The van der Waals surface area contributed by atoms with Crippen molar-refractivity contribution in [3.63, 3.8) is 0 Å². The van der Waals surface area contributed by atoms with E-state index in [1.54, 1.807) is 62.3 Å². The number of rotatable bonds is 0. The van der Waals surface area contributed by atoms with E-state index in [1.165, 1.54) is 0 Å². The molecule has 0 atom stereocenters. The Balaban J connectivity index is -0.0000000304. The zero-order chi connectivity index (χ0) is 17.0. The van der Waals surface area contributed by atoms with Gasteiger partial charge in [0.2, 0.25) is 0 Å². The van der Waals surface area contributed by atoms with Crippen LogP contribution in [0.25, 0.3) is 0 Å². The third-order valence-electron chi connectivity index (χ3n) is 0. The first kappa shape index (κ1) is 37.2. The van der Waals surface area contributed by atoms with Crippen LogP contribution in [0.4, 0.5) is 0 Å². The van der Waals surface area contributed by atoms with Gasteiger partial charge in [-0.05, 0) is 6.92 Å². The first-order valence-corrected chi connectivity index (χ1v) is 6.58. The molecule has 0 aliphatic carbocycles. The van der Waals surface area contributed by atoms with Crippen LogP contribution < -0.4 is 20.4 Å². The minimum absolute atomic E-state index is 0. The third kappa shape index (κ3) is 12500. The predicted octanol–water partition coefficient (Wildman–Crippen LogP) is -0.983. The molecule has 0 rings (SSSR count). The summed E-state index contributed by atoms with van der Waals surface area (Å²) in [6, 6.07) is 0. The van der Waals surface area contributed by atoms with E-state index >= 15 is 0 Å². The number of aliphatic hydroxyl groups excluding tert-OH is 1. The Bertz CT molecular complexity index is 74.7. The van der Waals surface area contributed by atoms with Gasteiger partial charge in [-0.1, -0.05) is 55.4 Å². The molecule has 0 saturated heterocycles. The van der Waals surface area contributed by atoms with Crippen LogP contribution in [0.1, 0.15) is 62.3 Å². The van der Waals surface area contributed by atoms with Gasteiger partial charge in [0.1, 0.15) is 0 Å². The van der Waals surface area contributed by atoms with Gasteiger partial charge in [0, 0.05) is 6.61 Å². The molecule has 0 aromatic heterocycles. The van der Waals surface area contributed by atoms with Gasteiger partial charge in [-0.3, -0.25) is 0 Å². The van der Waals surface area contributed by atoms with E-state index in [-0.39, 0.29) is 32.8 Å². The van der Waals surface area contributed by atoms with Crippen molar-refractivity contribution in [2.75, 3.05) is 6.61 Å². The maximum atomic E-state index is 9.53. The van der Waals surface area contributed by atoms with E-state index in [1.807, 2.05) is 0 Å². The maximum Gasteiger partial charge on any atom is 4.00 e. The van der Waals surface area contributed by atoms with Gasteiger partial charge < -0.3 is 25.5 Å². The summed E-state index contributed by atoms with van der Waals surface area (Å²) in [7, 11) is 0. The van der Waals surface area contributed by atoms with Gasteiger partial charge in [0.15, 0.2) is 0 Å². The summed E-state index contributed by atoms with van der Waals surface area (Å²) >= 11 is 0. The molecule has 1 N–H and O–H groups in total. The van der Waals surface area contributed by atoms with Crippen LogP contribution in [0.15, 0.2) is 0 Å². The Morgan fingerprint density at radius 3 is 0.600 bits per heavy atom. The van der Waals surface area contributed by atoms with Gasteiger partial charge in [-0.15, -0.1) is 24.4 Å². The average molecular weight is 374 g/mol. The molecule has 0 heterocycles. The second-order valence-corrected chi connectivity index (χ2v) is 4.51. The molecule has 0 radical (unpaired) electrons. The van der Waals surface area contributed by atoms with Gasteiger partial charge >= 0.3 is 26.2 Å². The predicted molar refractivity (Wildman–Crippen MR) is 73.3 cm³/mol. The normalized spacial score (nSPS) is 8.10. The van der Waals surface area contributed by atoms with Crippen molar-refractivity contribution in [1.29, 1.82) is 0 Å². The summed E-state index contributed by atoms with van der Waals surface area (Å²) in [6.07, 6.45) is -1.67. The van der Waals surface area contributed by atoms with E-state index in [4.69, 9.17) is 5.11 Å². The Labute approximate surface area is 145 Å². The molecule has 0 fully saturated rings. The molecule has 20 heavy (non-hydrogen) atoms. The quantitative estimate of drug-likeness (QED) is 0.586. The average Bonchev–Trinajstić information content (AvgIpc) is 1.97. The van der Waals surface area contributed by atoms with E-state index in [0.717, 1.165) is 0 Å². The second kappa shape index (κ2) is 36.7. The molecule has 0 aliphatic heterocycles. The van der Waals surface area contributed by atoms with E-state index in [0.29, 0.717) is 0 Å². The Hall–Kier alpha value is 0.683. The monoisotopic (exact) mass is 372 g/mol. The SMILES string of the molecule is CC(C)[O-].CC(C)[O-].CC(C)[O-].CC(C)[O-].CCO.[Zr+4]. The Morgan fingerprint density at radius 1 is 0.600 bits per heavy atom. The van der Waals surface area contributed by atoms with Gasteiger partial charge in [-0.25, -0.2) is 0 Å². The fourth-order valence-electron chi connectivity index (χ4n) is 0. The van der Waals surface area contributed by atoms with Crippen molar-refractivity contribution >= 4 is 0 Å². The van der Waals surface area contributed by atoms with Crippen molar-refractivity contribution in [3.05, 3.63) is 0 Å². The summed E-state index contributed by atoms with van der Waals surface area (Å²) in [5.74, 6) is 0. The van der Waals surface area contributed by atoms with E-state index in [9.17, 15) is 20.4 Å². The second-order valence-electron chi connectivity index (χ2n) is 4.51. The first-order chi connectivity index (χ1) is 8.34. The zero-order valence-corrected chi connectivity index (χ0v) is 17.1. The van der Waals surface area contributed by atoms with Gasteiger partial charge in [0.25, 0.3) is 0 Å². The van der Waals surface area contributed by atoms with E-state index in [2.05, 4.69) is 0 Å². The molecule has 0 aromatic rings. The number of hydrogen-bond donors (Lipinski definition) is 1. The van der Waals surface area contributed by atoms with Crippen LogP contribution in [0.3, 0.4) is 0 Å². The Kier molecular flexibility index (Phi) is 68.2. The van der Waals surface area contributed by atoms with Crippen molar-refractivity contribution < 1.29 is 51.7 Å². The third-order valence-corrected chi connectivity index (χ3v) is 0. The molecule has 0 spiro atoms. The van der Waals surface area contributed by atoms with Gasteiger partial charge in [-0.2, -0.15) is 0 Å². The fraction of sp³-hybridized carbons (Fsp3) is 1.00. The fourth-order valence-corrected chi connectivity index (χ4v) is 0. The van der Waals surface area contributed by atoms with Crippen LogP contribution in [0.2, 0.25) is 0 Å². The van der Waals surface area contributed by atoms with Crippen LogP contribution >= 0.6 is 0 Å². The minimum Gasteiger partial charge on any atom is -0.852 e. The molecule has 0 aliphatic rings. The first-order valence-electron chi connectivity index (χ1n) is 6.58. The van der Waals surface area contributed by atoms with Gasteiger partial charge in [0.05, 0.1) is 0 Å². The standard InChI is InChI=1S/4C3H7O.C2H6O.Zr/c4*1-3(2)4;1-2-3;/h4*3H,1-2H3;3H,2H2,1H3;/q4*-1;;+4. The van der Waals surface area contributed by atoms with Crippen LogP contribution in [0, 0.1) is 0 Å². The van der Waals surface area contributed by atoms with Crippen LogP contribution in [-0.2, 0) is 26.2 Å². The smallest absolute Gasteiger partial charge is 0.852 e. The number of aliphatic hydroxyl groups is 1. The van der Waals surface area contributed by atoms with Crippen LogP contribution in [-0.4, -0.2) is 36.1 Å². The van der Waals surface area contributed by atoms with Crippen molar-refractivity contribution in [1.82, 2.24) is 0 Å². The number of hydrogen-bond acceptors (Lipinski definition) is 5. The molecule has 0 amide bonds. The summed E-state index contributed by atoms with van der Waals surface area (Å²) in [4.78, 5) is 0. The summed E-state index contributed by atoms with van der Waals surface area (Å²) in [6.45, 7) is 14.8. The van der Waals surface area contributed by atoms with E-state index < -0.39 is 24.4 Å². The molecule has 0 unspecified atom stereocenters. The molecule has 124 valence electrons. The molecule has 0 saturated carbocycles. The molecule has 0 bridgehead atoms. The molecular weight excluding hydrogens is 339 g/mol. The largest absolute Gasteiger partial charge is 4.00 e. The molecule has 5 nitrogen and oxygen atoms in total. The maximum absolute atomic E-state index is 9.53. The Morgan fingerprint density at radius 2 is 0.600 bits per heavy atom. The molecule has 6 heteroatoms. The van der Waals surface area contributed by atoms with Crippen LogP contribution in [0.5, 0.6) is 0 Å². The van der Waals surface area contributed by atoms with Crippen molar-refractivity contribution in [3.8, 4) is 0 Å². The zero-order valence-electron chi connectivity index (χ0n) is 14.6. The van der Waals surface area contributed by atoms with Crippen molar-refractivity contribution in [2.45, 2.75) is 86.7 Å². The molecule has 0 aromatic carbocycles. The summed E-state index contributed by atoms with van der Waals surface area (Å²) < 4.78 is 0. The topological polar surface area (TPSA) is 112 Å².